The average molecular weight is 281 g/mol. The maximum atomic E-state index is 3.56. The zero-order valence-corrected chi connectivity index (χ0v) is 12.8. The fourth-order valence-electron chi connectivity index (χ4n) is 3.01. The van der Waals surface area contributed by atoms with Crippen molar-refractivity contribution in [3.8, 4) is 0 Å². The molecular formula is C16H25ClN2. The maximum Gasteiger partial charge on any atom is 0.0419 e. The lowest BCUT2D eigenvalue weighted by Gasteiger charge is -2.25. The molecule has 0 atom stereocenters. The summed E-state index contributed by atoms with van der Waals surface area (Å²) in [5.74, 6) is 0.760. The monoisotopic (exact) mass is 280 g/mol. The summed E-state index contributed by atoms with van der Waals surface area (Å²) >= 11 is 0. The van der Waals surface area contributed by atoms with Crippen LogP contribution in [-0.4, -0.2) is 24.0 Å². The van der Waals surface area contributed by atoms with E-state index in [0.29, 0.717) is 0 Å². The van der Waals surface area contributed by atoms with E-state index < -0.39 is 0 Å². The highest BCUT2D eigenvalue weighted by Gasteiger charge is 2.30. The van der Waals surface area contributed by atoms with Gasteiger partial charge in [0, 0.05) is 31.4 Å². The van der Waals surface area contributed by atoms with Crippen LogP contribution >= 0.6 is 12.4 Å². The van der Waals surface area contributed by atoms with E-state index in [1.54, 1.807) is 0 Å². The van der Waals surface area contributed by atoms with E-state index in [9.17, 15) is 0 Å². The van der Waals surface area contributed by atoms with Gasteiger partial charge in [-0.3, -0.25) is 4.90 Å². The van der Waals surface area contributed by atoms with Crippen LogP contribution in [0.3, 0.4) is 0 Å². The molecule has 2 nitrogen and oxygen atoms in total. The molecule has 0 aromatic heterocycles. The van der Waals surface area contributed by atoms with Crippen molar-refractivity contribution in [2.24, 2.45) is 5.92 Å². The Labute approximate surface area is 123 Å². The second kappa shape index (κ2) is 6.15. The van der Waals surface area contributed by atoms with Crippen LogP contribution in [0.1, 0.15) is 37.8 Å². The van der Waals surface area contributed by atoms with Crippen molar-refractivity contribution in [2.75, 3.05) is 18.4 Å². The molecule has 106 valence electrons. The van der Waals surface area contributed by atoms with Gasteiger partial charge in [-0.15, -0.1) is 12.4 Å². The number of anilines is 1. The topological polar surface area (TPSA) is 15.3 Å². The molecule has 3 heteroatoms. The highest BCUT2D eigenvalue weighted by atomic mass is 35.5. The number of rotatable bonds is 5. The van der Waals surface area contributed by atoms with Gasteiger partial charge in [0.15, 0.2) is 0 Å². The van der Waals surface area contributed by atoms with Crippen LogP contribution in [0.15, 0.2) is 18.2 Å². The molecule has 1 aromatic rings. The lowest BCUT2D eigenvalue weighted by molar-refractivity contribution is 0.226. The lowest BCUT2D eigenvalue weighted by Crippen LogP contribution is -2.29. The van der Waals surface area contributed by atoms with Crippen LogP contribution in [0.25, 0.3) is 0 Å². The van der Waals surface area contributed by atoms with Crippen molar-refractivity contribution in [3.05, 3.63) is 29.3 Å². The van der Waals surface area contributed by atoms with Gasteiger partial charge in [0.05, 0.1) is 0 Å². The summed E-state index contributed by atoms with van der Waals surface area (Å²) in [4.78, 5) is 2.68. The summed E-state index contributed by atoms with van der Waals surface area (Å²) in [6.45, 7) is 8.11. The van der Waals surface area contributed by atoms with Gasteiger partial charge in [0.25, 0.3) is 0 Å². The fourth-order valence-corrected chi connectivity index (χ4v) is 3.01. The third kappa shape index (κ3) is 3.43. The van der Waals surface area contributed by atoms with Crippen molar-refractivity contribution in [2.45, 2.75) is 45.7 Å². The van der Waals surface area contributed by atoms with Crippen LogP contribution in [0.2, 0.25) is 0 Å². The minimum atomic E-state index is 0. The van der Waals surface area contributed by atoms with Gasteiger partial charge < -0.3 is 5.32 Å². The summed E-state index contributed by atoms with van der Waals surface area (Å²) in [7, 11) is 0. The van der Waals surface area contributed by atoms with Crippen molar-refractivity contribution < 1.29 is 0 Å². The van der Waals surface area contributed by atoms with Crippen LogP contribution < -0.4 is 5.32 Å². The molecule has 0 amide bonds. The molecular weight excluding hydrogens is 256 g/mol. The first-order valence-electron chi connectivity index (χ1n) is 7.32. The van der Waals surface area contributed by atoms with E-state index in [1.807, 2.05) is 0 Å². The number of nitrogens with one attached hydrogen (secondary N) is 1. The summed E-state index contributed by atoms with van der Waals surface area (Å²) < 4.78 is 0. The number of nitrogens with zero attached hydrogens (tertiary/aromatic N) is 1. The minimum absolute atomic E-state index is 0. The molecule has 1 fully saturated rings. The molecule has 0 radical (unpaired) electrons. The zero-order chi connectivity index (χ0) is 12.5. The van der Waals surface area contributed by atoms with E-state index in [-0.39, 0.29) is 12.4 Å². The molecule has 1 heterocycles. The van der Waals surface area contributed by atoms with Gasteiger partial charge in [-0.2, -0.15) is 0 Å². The molecule has 2 aliphatic rings. The Balaban J connectivity index is 0.00000133. The van der Waals surface area contributed by atoms with Crippen molar-refractivity contribution in [3.63, 3.8) is 0 Å². The number of fused-ring (bicyclic) bond motifs is 1. The quantitative estimate of drug-likeness (QED) is 0.885. The number of hydrogen-bond donors (Lipinski definition) is 1. The van der Waals surface area contributed by atoms with Crippen LogP contribution in [-0.2, 0) is 13.0 Å². The maximum absolute atomic E-state index is 3.56. The van der Waals surface area contributed by atoms with E-state index in [4.69, 9.17) is 0 Å². The molecule has 0 bridgehead atoms. The average Bonchev–Trinajstić information content (AvgIpc) is 3.06. The molecule has 0 unspecified atom stereocenters. The van der Waals surface area contributed by atoms with Gasteiger partial charge in [-0.25, -0.2) is 0 Å². The predicted molar refractivity (Wildman–Crippen MR) is 84.2 cm³/mol. The Morgan fingerprint density at radius 3 is 2.79 bits per heavy atom. The SMILES string of the molecule is CC(C)CN(Cc1cccc2c1NCC2)C1CC1.Cl. The number of para-hydroxylation sites is 1. The van der Waals surface area contributed by atoms with Gasteiger partial charge in [-0.05, 0) is 36.3 Å². The smallest absolute Gasteiger partial charge is 0.0419 e. The van der Waals surface area contributed by atoms with Gasteiger partial charge in [0.2, 0.25) is 0 Å². The molecule has 0 saturated heterocycles. The highest BCUT2D eigenvalue weighted by molar-refractivity contribution is 5.85. The normalized spacial score (nSPS) is 17.3. The number of hydrogen-bond acceptors (Lipinski definition) is 2. The van der Waals surface area contributed by atoms with E-state index in [2.05, 4.69) is 42.3 Å². The van der Waals surface area contributed by atoms with Crippen molar-refractivity contribution >= 4 is 18.1 Å². The van der Waals surface area contributed by atoms with Crippen LogP contribution in [0.5, 0.6) is 0 Å². The van der Waals surface area contributed by atoms with Crippen LogP contribution in [0, 0.1) is 5.92 Å². The minimum Gasteiger partial charge on any atom is -0.384 e. The summed E-state index contributed by atoms with van der Waals surface area (Å²) in [5, 5.41) is 3.56. The Hall–Kier alpha value is -0.730. The van der Waals surface area contributed by atoms with Crippen molar-refractivity contribution in [1.29, 1.82) is 0 Å². The van der Waals surface area contributed by atoms with E-state index in [0.717, 1.165) is 25.0 Å². The first-order chi connectivity index (χ1) is 8.74. The first-order valence-corrected chi connectivity index (χ1v) is 7.32. The van der Waals surface area contributed by atoms with Crippen molar-refractivity contribution in [1.82, 2.24) is 4.90 Å². The van der Waals surface area contributed by atoms with E-state index in [1.165, 1.54) is 42.6 Å². The molecule has 1 N–H and O–H groups in total. The molecule has 3 rings (SSSR count). The Morgan fingerprint density at radius 2 is 2.11 bits per heavy atom. The number of halogens is 1. The third-order valence-corrected chi connectivity index (χ3v) is 3.97. The molecule has 1 aromatic carbocycles. The molecule has 0 spiro atoms. The second-order valence-electron chi connectivity index (χ2n) is 6.18. The van der Waals surface area contributed by atoms with Gasteiger partial charge in [-0.1, -0.05) is 32.0 Å². The Bertz CT molecular complexity index is 427. The lowest BCUT2D eigenvalue weighted by atomic mass is 10.1. The number of benzene rings is 1. The molecule has 1 saturated carbocycles. The first kappa shape index (κ1) is 14.7. The second-order valence-corrected chi connectivity index (χ2v) is 6.18. The fraction of sp³-hybridized carbons (Fsp3) is 0.625. The Morgan fingerprint density at radius 1 is 1.32 bits per heavy atom. The molecule has 1 aliphatic heterocycles. The summed E-state index contributed by atoms with van der Waals surface area (Å²) in [6, 6.07) is 7.64. The largest absolute Gasteiger partial charge is 0.384 e. The van der Waals surface area contributed by atoms with Gasteiger partial charge >= 0.3 is 0 Å². The molecule has 1 aliphatic carbocycles. The van der Waals surface area contributed by atoms with E-state index >= 15 is 0 Å². The summed E-state index contributed by atoms with van der Waals surface area (Å²) in [6.07, 6.45) is 3.99. The van der Waals surface area contributed by atoms with Gasteiger partial charge in [0.1, 0.15) is 0 Å². The highest BCUT2D eigenvalue weighted by Crippen LogP contribution is 2.32. The van der Waals surface area contributed by atoms with Crippen LogP contribution in [0.4, 0.5) is 5.69 Å². The predicted octanol–water partition coefficient (Wildman–Crippen LogP) is 3.70. The zero-order valence-electron chi connectivity index (χ0n) is 12.0. The third-order valence-electron chi connectivity index (χ3n) is 3.97. The Kier molecular flexibility index (Phi) is 4.75. The standard InChI is InChI=1S/C16H24N2.ClH/c1-12(2)10-18(15-6-7-15)11-14-5-3-4-13-8-9-17-16(13)14;/h3-5,12,15,17H,6-11H2,1-2H3;1H. The summed E-state index contributed by atoms with van der Waals surface area (Å²) in [5.41, 5.74) is 4.43. The molecule has 19 heavy (non-hydrogen) atoms.